The zero-order valence-corrected chi connectivity index (χ0v) is 19.7. The number of anilines is 1. The van der Waals surface area contributed by atoms with Gasteiger partial charge in [0, 0.05) is 19.2 Å². The molecular weight excluding hydrogens is 410 g/mol. The summed E-state index contributed by atoms with van der Waals surface area (Å²) in [6, 6.07) is 12.0. The monoisotopic (exact) mass is 443 g/mol. The van der Waals surface area contributed by atoms with E-state index in [1.807, 2.05) is 13.8 Å². The van der Waals surface area contributed by atoms with Crippen molar-refractivity contribution < 1.29 is 13.2 Å². The van der Waals surface area contributed by atoms with Crippen LogP contribution in [-0.4, -0.2) is 53.0 Å². The quantitative estimate of drug-likeness (QED) is 0.710. The lowest BCUT2D eigenvalue weighted by Gasteiger charge is -2.28. The third-order valence-corrected chi connectivity index (χ3v) is 7.95. The number of nitrogens with one attached hydrogen (secondary N) is 1. The number of carbonyl (C=O) groups excluding carboxylic acids is 1. The van der Waals surface area contributed by atoms with E-state index in [-0.39, 0.29) is 10.8 Å². The van der Waals surface area contributed by atoms with Crippen LogP contribution in [0.3, 0.4) is 0 Å². The van der Waals surface area contributed by atoms with Gasteiger partial charge >= 0.3 is 0 Å². The first-order valence-electron chi connectivity index (χ1n) is 10.8. The third kappa shape index (κ3) is 5.66. The molecule has 3 rings (SSSR count). The van der Waals surface area contributed by atoms with E-state index in [2.05, 4.69) is 17.3 Å². The first kappa shape index (κ1) is 23.3. The molecular formula is C24H33N3O3S. The molecule has 0 radical (unpaired) electrons. The Kier molecular flexibility index (Phi) is 7.38. The molecule has 0 aliphatic carbocycles. The lowest BCUT2D eigenvalue weighted by atomic mass is 9.94. The van der Waals surface area contributed by atoms with Crippen LogP contribution >= 0.6 is 0 Å². The fourth-order valence-corrected chi connectivity index (χ4v) is 5.18. The lowest BCUT2D eigenvalue weighted by Crippen LogP contribution is -2.33. The maximum absolute atomic E-state index is 13.1. The van der Waals surface area contributed by atoms with Crippen LogP contribution < -0.4 is 9.62 Å². The Hall–Kier alpha value is -2.38. The van der Waals surface area contributed by atoms with Gasteiger partial charge in [0.25, 0.3) is 15.9 Å². The molecule has 1 heterocycles. The molecule has 1 N–H and O–H groups in total. The van der Waals surface area contributed by atoms with Crippen molar-refractivity contribution in [2.75, 3.05) is 38.0 Å². The number of nitrogens with zero attached hydrogens (tertiary/aromatic N) is 2. The van der Waals surface area contributed by atoms with E-state index in [1.165, 1.54) is 24.2 Å². The summed E-state index contributed by atoms with van der Waals surface area (Å²) in [6.45, 7) is 6.62. The van der Waals surface area contributed by atoms with Crippen LogP contribution in [0.2, 0.25) is 0 Å². The van der Waals surface area contributed by atoms with Crippen molar-refractivity contribution in [3.05, 3.63) is 59.2 Å². The van der Waals surface area contributed by atoms with Gasteiger partial charge in [0.05, 0.1) is 10.6 Å². The second kappa shape index (κ2) is 9.83. The predicted molar refractivity (Wildman–Crippen MR) is 125 cm³/mol. The van der Waals surface area contributed by atoms with Gasteiger partial charge in [-0.3, -0.25) is 9.10 Å². The minimum Gasteiger partial charge on any atom is -0.352 e. The first-order valence-corrected chi connectivity index (χ1v) is 12.3. The Balaban J connectivity index is 1.69. The summed E-state index contributed by atoms with van der Waals surface area (Å²) in [5.74, 6) is 0.478. The molecule has 168 valence electrons. The number of hydrogen-bond acceptors (Lipinski definition) is 4. The molecule has 0 spiro atoms. The van der Waals surface area contributed by atoms with Gasteiger partial charge < -0.3 is 10.2 Å². The van der Waals surface area contributed by atoms with E-state index in [1.54, 1.807) is 42.5 Å². The smallest absolute Gasteiger partial charge is 0.264 e. The zero-order valence-electron chi connectivity index (χ0n) is 18.9. The number of likely N-dealkylation sites (tertiary alicyclic amines) is 1. The van der Waals surface area contributed by atoms with Gasteiger partial charge in [-0.2, -0.15) is 0 Å². The van der Waals surface area contributed by atoms with Crippen LogP contribution in [0.4, 0.5) is 5.69 Å². The molecule has 31 heavy (non-hydrogen) atoms. The van der Waals surface area contributed by atoms with E-state index in [0.717, 1.165) is 30.6 Å². The first-order chi connectivity index (χ1) is 14.7. The fraction of sp³-hybridized carbons (Fsp3) is 0.458. The number of sulfonamides is 1. The maximum atomic E-state index is 13.1. The molecule has 0 aromatic heterocycles. The van der Waals surface area contributed by atoms with Gasteiger partial charge in [0.1, 0.15) is 0 Å². The molecule has 0 saturated carbocycles. The summed E-state index contributed by atoms with van der Waals surface area (Å²) in [7, 11) is -0.0431. The average molecular weight is 444 g/mol. The highest BCUT2D eigenvalue weighted by Gasteiger charge is 2.23. The van der Waals surface area contributed by atoms with E-state index in [9.17, 15) is 13.2 Å². The van der Waals surface area contributed by atoms with Crippen LogP contribution in [-0.2, 0) is 10.0 Å². The molecule has 7 heteroatoms. The standard InChI is InChI=1S/C24H33N3O3S/c1-18-5-9-22(10-6-18)31(29,30)27(4)23-17-21(8-7-19(23)2)24(28)25-14-11-20-12-15-26(3)16-13-20/h5-10,17,20H,11-16H2,1-4H3,(H,25,28). The Bertz CT molecular complexity index is 1010. The Labute approximate surface area is 186 Å². The van der Waals surface area contributed by atoms with Crippen molar-refractivity contribution >= 4 is 21.6 Å². The second-order valence-electron chi connectivity index (χ2n) is 8.58. The maximum Gasteiger partial charge on any atom is 0.264 e. The minimum atomic E-state index is -3.71. The van der Waals surface area contributed by atoms with Gasteiger partial charge in [0.2, 0.25) is 0 Å². The topological polar surface area (TPSA) is 69.7 Å². The largest absolute Gasteiger partial charge is 0.352 e. The van der Waals surface area contributed by atoms with Gasteiger partial charge in [0.15, 0.2) is 0 Å². The minimum absolute atomic E-state index is 0.171. The molecule has 0 atom stereocenters. The van der Waals surface area contributed by atoms with Crippen LogP contribution in [0.5, 0.6) is 0 Å². The number of amides is 1. The van der Waals surface area contributed by atoms with E-state index >= 15 is 0 Å². The highest BCUT2D eigenvalue weighted by atomic mass is 32.2. The average Bonchev–Trinajstić information content (AvgIpc) is 2.75. The van der Waals surface area contributed by atoms with Crippen molar-refractivity contribution in [3.63, 3.8) is 0 Å². The fourth-order valence-electron chi connectivity index (χ4n) is 3.93. The lowest BCUT2D eigenvalue weighted by molar-refractivity contribution is 0.0949. The van der Waals surface area contributed by atoms with E-state index in [4.69, 9.17) is 0 Å². The second-order valence-corrected chi connectivity index (χ2v) is 10.5. The molecule has 2 aromatic rings. The molecule has 1 saturated heterocycles. The number of piperidine rings is 1. The predicted octanol–water partition coefficient (Wildman–Crippen LogP) is 3.59. The van der Waals surface area contributed by atoms with Crippen molar-refractivity contribution in [3.8, 4) is 0 Å². The van der Waals surface area contributed by atoms with Crippen LogP contribution in [0.25, 0.3) is 0 Å². The third-order valence-electron chi connectivity index (χ3n) is 6.17. The van der Waals surface area contributed by atoms with Crippen molar-refractivity contribution in [1.82, 2.24) is 10.2 Å². The number of rotatable bonds is 7. The van der Waals surface area contributed by atoms with Gasteiger partial charge in [-0.25, -0.2) is 8.42 Å². The number of benzene rings is 2. The molecule has 1 amide bonds. The Morgan fingerprint density at radius 1 is 1.10 bits per heavy atom. The SMILES string of the molecule is Cc1ccc(S(=O)(=O)N(C)c2cc(C(=O)NCCC3CCN(C)CC3)ccc2C)cc1. The van der Waals surface area contributed by atoms with Gasteiger partial charge in [-0.1, -0.05) is 23.8 Å². The summed E-state index contributed by atoms with van der Waals surface area (Å²) in [6.07, 6.45) is 3.31. The van der Waals surface area contributed by atoms with Crippen LogP contribution in [0.15, 0.2) is 47.4 Å². The molecule has 2 aromatic carbocycles. The number of aryl methyl sites for hydroxylation is 2. The molecule has 1 aliphatic heterocycles. The number of hydrogen-bond donors (Lipinski definition) is 1. The Morgan fingerprint density at radius 3 is 2.39 bits per heavy atom. The van der Waals surface area contributed by atoms with Crippen molar-refractivity contribution in [2.24, 2.45) is 5.92 Å². The van der Waals surface area contributed by atoms with Crippen LogP contribution in [0.1, 0.15) is 40.7 Å². The Morgan fingerprint density at radius 2 is 1.74 bits per heavy atom. The van der Waals surface area contributed by atoms with Crippen molar-refractivity contribution in [2.45, 2.75) is 38.0 Å². The molecule has 6 nitrogen and oxygen atoms in total. The molecule has 0 bridgehead atoms. The van der Waals surface area contributed by atoms with E-state index < -0.39 is 10.0 Å². The highest BCUT2D eigenvalue weighted by Crippen LogP contribution is 2.27. The normalized spacial score (nSPS) is 15.6. The summed E-state index contributed by atoms with van der Waals surface area (Å²) in [4.78, 5) is 15.3. The highest BCUT2D eigenvalue weighted by molar-refractivity contribution is 7.92. The summed E-state index contributed by atoms with van der Waals surface area (Å²) in [5.41, 5.74) is 2.76. The van der Waals surface area contributed by atoms with E-state index in [0.29, 0.717) is 23.7 Å². The molecule has 1 aliphatic rings. The van der Waals surface area contributed by atoms with Gasteiger partial charge in [-0.15, -0.1) is 0 Å². The molecule has 0 unspecified atom stereocenters. The number of carbonyl (C=O) groups is 1. The zero-order chi connectivity index (χ0) is 22.6. The summed E-state index contributed by atoms with van der Waals surface area (Å²) < 4.78 is 27.4. The summed E-state index contributed by atoms with van der Waals surface area (Å²) in [5, 5.41) is 3.00. The van der Waals surface area contributed by atoms with Crippen molar-refractivity contribution in [1.29, 1.82) is 0 Å². The van der Waals surface area contributed by atoms with Gasteiger partial charge in [-0.05, 0) is 89.0 Å². The summed E-state index contributed by atoms with van der Waals surface area (Å²) >= 11 is 0. The van der Waals surface area contributed by atoms with Crippen LogP contribution in [0, 0.1) is 19.8 Å². The molecule has 1 fully saturated rings.